The summed E-state index contributed by atoms with van der Waals surface area (Å²) in [6, 6.07) is 5.97. The van der Waals surface area contributed by atoms with Crippen LogP contribution in [-0.4, -0.2) is 24.0 Å². The Labute approximate surface area is 119 Å². The van der Waals surface area contributed by atoms with Gasteiger partial charge < -0.3 is 5.11 Å². The van der Waals surface area contributed by atoms with E-state index in [4.69, 9.17) is 9.66 Å². The van der Waals surface area contributed by atoms with Gasteiger partial charge in [0.2, 0.25) is 0 Å². The summed E-state index contributed by atoms with van der Waals surface area (Å²) >= 11 is 0. The third kappa shape index (κ3) is 4.31. The highest BCUT2D eigenvalue weighted by Crippen LogP contribution is 2.34. The van der Waals surface area contributed by atoms with Crippen molar-refractivity contribution in [2.24, 2.45) is 0 Å². The van der Waals surface area contributed by atoms with E-state index in [1.54, 1.807) is 12.1 Å². The highest BCUT2D eigenvalue weighted by Gasteiger charge is 2.26. The van der Waals surface area contributed by atoms with Gasteiger partial charge in [0, 0.05) is 6.42 Å². The van der Waals surface area contributed by atoms with Gasteiger partial charge in [-0.1, -0.05) is 32.4 Å². The summed E-state index contributed by atoms with van der Waals surface area (Å²) in [7, 11) is -4.20. The van der Waals surface area contributed by atoms with Crippen LogP contribution < -0.4 is 0 Å². The molecule has 0 aliphatic heterocycles. The molecule has 1 aromatic carbocycles. The molecule has 1 unspecified atom stereocenters. The smallest absolute Gasteiger partial charge is 0.303 e. The average molecular weight is 300 g/mol. The predicted octanol–water partition coefficient (Wildman–Crippen LogP) is 2.86. The van der Waals surface area contributed by atoms with E-state index in [1.807, 2.05) is 13.8 Å². The maximum absolute atomic E-state index is 11.0. The molecule has 0 bridgehead atoms. The topological polar surface area (TPSA) is 91.7 Å². The minimum absolute atomic E-state index is 0.0660. The summed E-state index contributed by atoms with van der Waals surface area (Å²) in [5, 5.41) is 8.83. The highest BCUT2D eigenvalue weighted by atomic mass is 32.2. The van der Waals surface area contributed by atoms with E-state index in [-0.39, 0.29) is 16.7 Å². The molecule has 0 saturated carbocycles. The Hall–Kier alpha value is -1.40. The highest BCUT2D eigenvalue weighted by molar-refractivity contribution is 7.85. The van der Waals surface area contributed by atoms with Crippen LogP contribution in [0.5, 0.6) is 0 Å². The van der Waals surface area contributed by atoms with Gasteiger partial charge in [-0.3, -0.25) is 9.35 Å². The van der Waals surface area contributed by atoms with Gasteiger partial charge in [-0.2, -0.15) is 8.42 Å². The molecule has 1 atom stereocenters. The first kappa shape index (κ1) is 16.7. The molecule has 0 aliphatic rings. The molecule has 1 aromatic rings. The van der Waals surface area contributed by atoms with Crippen molar-refractivity contribution < 1.29 is 22.9 Å². The summed E-state index contributed by atoms with van der Waals surface area (Å²) < 4.78 is 31.0. The van der Waals surface area contributed by atoms with E-state index in [2.05, 4.69) is 0 Å². The fourth-order valence-corrected chi connectivity index (χ4v) is 2.86. The summed E-state index contributed by atoms with van der Waals surface area (Å²) in [5.74, 6) is -0.845. The fourth-order valence-electron chi connectivity index (χ4n) is 2.38. The van der Waals surface area contributed by atoms with Crippen LogP contribution in [0.25, 0.3) is 0 Å². The summed E-state index contributed by atoms with van der Waals surface area (Å²) in [6.07, 6.45) is 2.26. The van der Waals surface area contributed by atoms with Crippen molar-refractivity contribution in [3.63, 3.8) is 0 Å². The number of hydrogen-bond donors (Lipinski definition) is 2. The lowest BCUT2D eigenvalue weighted by molar-refractivity contribution is -0.137. The Kier molecular flexibility index (Phi) is 5.30. The van der Waals surface area contributed by atoms with E-state index >= 15 is 0 Å². The van der Waals surface area contributed by atoms with Crippen molar-refractivity contribution in [2.45, 2.75) is 49.8 Å². The number of carboxylic acids is 1. The Morgan fingerprint density at radius 1 is 1.20 bits per heavy atom. The van der Waals surface area contributed by atoms with Gasteiger partial charge in [0.15, 0.2) is 0 Å². The zero-order valence-corrected chi connectivity index (χ0v) is 12.5. The third-order valence-corrected chi connectivity index (χ3v) is 4.41. The molecule has 0 radical (unpaired) electrons. The molecule has 2 N–H and O–H groups in total. The molecule has 0 spiro atoms. The minimum Gasteiger partial charge on any atom is -0.481 e. The number of aliphatic carboxylic acids is 1. The van der Waals surface area contributed by atoms with Gasteiger partial charge >= 0.3 is 5.97 Å². The zero-order valence-electron chi connectivity index (χ0n) is 11.7. The molecule has 0 aromatic heterocycles. The van der Waals surface area contributed by atoms with E-state index in [9.17, 15) is 13.2 Å². The lowest BCUT2D eigenvalue weighted by atomic mass is 9.75. The number of rotatable bonds is 7. The number of carboxylic acid groups (broad SMARTS) is 1. The Morgan fingerprint density at radius 3 is 2.15 bits per heavy atom. The largest absolute Gasteiger partial charge is 0.481 e. The lowest BCUT2D eigenvalue weighted by Gasteiger charge is -2.29. The van der Waals surface area contributed by atoms with E-state index < -0.39 is 16.1 Å². The second-order valence-corrected chi connectivity index (χ2v) is 6.63. The van der Waals surface area contributed by atoms with E-state index in [0.29, 0.717) is 6.42 Å². The maximum atomic E-state index is 11.0. The van der Waals surface area contributed by atoms with Crippen LogP contribution in [0, 0.1) is 0 Å². The molecule has 0 fully saturated rings. The summed E-state index contributed by atoms with van der Waals surface area (Å²) in [6.45, 7) is 3.99. The Morgan fingerprint density at radius 2 is 1.75 bits per heavy atom. The molecule has 0 amide bonds. The molecule has 1 rings (SSSR count). The van der Waals surface area contributed by atoms with Crippen LogP contribution in [0.15, 0.2) is 29.2 Å². The van der Waals surface area contributed by atoms with Gasteiger partial charge in [0.25, 0.3) is 10.1 Å². The maximum Gasteiger partial charge on any atom is 0.303 e. The van der Waals surface area contributed by atoms with Gasteiger partial charge in [-0.05, 0) is 36.0 Å². The molecular formula is C14H20O5S. The van der Waals surface area contributed by atoms with Crippen LogP contribution in [0.4, 0.5) is 0 Å². The first-order chi connectivity index (χ1) is 9.19. The van der Waals surface area contributed by atoms with Crippen molar-refractivity contribution in [1.29, 1.82) is 0 Å². The summed E-state index contributed by atoms with van der Waals surface area (Å²) in [5.41, 5.74) is 0.568. The molecule has 6 heteroatoms. The standard InChI is InChI=1S/C14H20O5S/c1-3-9-14(2,10-8-13(15)16)11-4-6-12(7-5-11)20(17,18)19/h4-7H,3,8-10H2,1-2H3,(H,15,16)(H,17,18,19). The quantitative estimate of drug-likeness (QED) is 0.755. The van der Waals surface area contributed by atoms with Gasteiger partial charge in [0.05, 0.1) is 4.90 Å². The molecular weight excluding hydrogens is 280 g/mol. The van der Waals surface area contributed by atoms with E-state index in [0.717, 1.165) is 18.4 Å². The average Bonchev–Trinajstić information content (AvgIpc) is 2.36. The van der Waals surface area contributed by atoms with Crippen LogP contribution in [0.3, 0.4) is 0 Å². The molecule has 5 nitrogen and oxygen atoms in total. The molecule has 0 aliphatic carbocycles. The zero-order chi connectivity index (χ0) is 15.4. The van der Waals surface area contributed by atoms with Crippen molar-refractivity contribution in [3.05, 3.63) is 29.8 Å². The van der Waals surface area contributed by atoms with Crippen LogP contribution >= 0.6 is 0 Å². The summed E-state index contributed by atoms with van der Waals surface area (Å²) in [4.78, 5) is 10.6. The fraction of sp³-hybridized carbons (Fsp3) is 0.500. The first-order valence-electron chi connectivity index (χ1n) is 6.49. The predicted molar refractivity (Wildman–Crippen MR) is 75.4 cm³/mol. The first-order valence-corrected chi connectivity index (χ1v) is 7.93. The number of hydrogen-bond acceptors (Lipinski definition) is 3. The lowest BCUT2D eigenvalue weighted by Crippen LogP contribution is -2.23. The molecule has 0 saturated heterocycles. The van der Waals surface area contributed by atoms with Crippen molar-refractivity contribution in [3.8, 4) is 0 Å². The minimum atomic E-state index is -4.20. The second kappa shape index (κ2) is 6.37. The number of benzene rings is 1. The normalized spacial score (nSPS) is 14.8. The van der Waals surface area contributed by atoms with Gasteiger partial charge in [-0.25, -0.2) is 0 Å². The van der Waals surface area contributed by atoms with Crippen molar-refractivity contribution in [1.82, 2.24) is 0 Å². The Bertz CT molecular complexity index is 562. The van der Waals surface area contributed by atoms with Gasteiger partial charge in [0.1, 0.15) is 0 Å². The van der Waals surface area contributed by atoms with Crippen LogP contribution in [-0.2, 0) is 20.3 Å². The number of carbonyl (C=O) groups is 1. The van der Waals surface area contributed by atoms with Crippen molar-refractivity contribution >= 4 is 16.1 Å². The second-order valence-electron chi connectivity index (χ2n) is 5.20. The SMILES string of the molecule is CCCC(C)(CCC(=O)O)c1ccc(S(=O)(=O)O)cc1. The Balaban J connectivity index is 3.05. The van der Waals surface area contributed by atoms with Crippen molar-refractivity contribution in [2.75, 3.05) is 0 Å². The molecule has 112 valence electrons. The van der Waals surface area contributed by atoms with Gasteiger partial charge in [-0.15, -0.1) is 0 Å². The molecule has 20 heavy (non-hydrogen) atoms. The third-order valence-electron chi connectivity index (χ3n) is 3.54. The monoisotopic (exact) mass is 300 g/mol. The van der Waals surface area contributed by atoms with E-state index in [1.165, 1.54) is 12.1 Å². The van der Waals surface area contributed by atoms with Crippen LogP contribution in [0.1, 0.15) is 45.1 Å². The van der Waals surface area contributed by atoms with Crippen LogP contribution in [0.2, 0.25) is 0 Å². The molecule has 0 heterocycles.